The second-order valence-electron chi connectivity index (χ2n) is 4.60. The molecule has 86 valence electrons. The predicted molar refractivity (Wildman–Crippen MR) is 64.5 cm³/mol. The van der Waals surface area contributed by atoms with E-state index in [-0.39, 0.29) is 0 Å². The number of hydrogen-bond acceptors (Lipinski definition) is 2. The molecular formula is C12H28N2. The van der Waals surface area contributed by atoms with Gasteiger partial charge in [-0.3, -0.25) is 0 Å². The van der Waals surface area contributed by atoms with Crippen molar-refractivity contribution in [3.05, 3.63) is 0 Å². The maximum Gasteiger partial charge on any atom is 0.00385 e. The quantitative estimate of drug-likeness (QED) is 0.610. The van der Waals surface area contributed by atoms with Gasteiger partial charge in [-0.25, -0.2) is 0 Å². The Morgan fingerprint density at radius 1 is 1.07 bits per heavy atom. The summed E-state index contributed by atoms with van der Waals surface area (Å²) < 4.78 is 0. The number of hydrogen-bond donors (Lipinski definition) is 1. The fraction of sp³-hybridized carbons (Fsp3) is 1.00. The molecule has 0 aromatic carbocycles. The molecule has 0 saturated heterocycles. The van der Waals surface area contributed by atoms with Gasteiger partial charge in [-0.15, -0.1) is 0 Å². The van der Waals surface area contributed by atoms with Crippen LogP contribution < -0.4 is 5.73 Å². The summed E-state index contributed by atoms with van der Waals surface area (Å²) in [5.41, 5.74) is 5.77. The number of nitrogens with two attached hydrogens (primary N) is 1. The molecule has 2 N–H and O–H groups in total. The van der Waals surface area contributed by atoms with Gasteiger partial charge in [0, 0.05) is 12.1 Å². The van der Waals surface area contributed by atoms with Gasteiger partial charge >= 0.3 is 0 Å². The Balaban J connectivity index is 3.66. The Morgan fingerprint density at radius 2 is 1.71 bits per heavy atom. The summed E-state index contributed by atoms with van der Waals surface area (Å²) in [6.07, 6.45) is 5.10. The van der Waals surface area contributed by atoms with Crippen LogP contribution in [-0.4, -0.2) is 30.1 Å². The smallest absolute Gasteiger partial charge is 0.00385 e. The largest absolute Gasteiger partial charge is 0.328 e. The lowest BCUT2D eigenvalue weighted by molar-refractivity contribution is 0.210. The first-order valence-electron chi connectivity index (χ1n) is 6.07. The SMILES string of the molecule is CCCCCN(CCC(C)N)C(C)C. The minimum absolute atomic E-state index is 0.336. The zero-order valence-corrected chi connectivity index (χ0v) is 10.4. The molecule has 0 aliphatic rings. The zero-order chi connectivity index (χ0) is 11.0. The zero-order valence-electron chi connectivity index (χ0n) is 10.4. The lowest BCUT2D eigenvalue weighted by Crippen LogP contribution is -2.35. The van der Waals surface area contributed by atoms with Gasteiger partial charge < -0.3 is 10.6 Å². The summed E-state index contributed by atoms with van der Waals surface area (Å²) in [4.78, 5) is 2.54. The summed E-state index contributed by atoms with van der Waals surface area (Å²) in [6.45, 7) is 11.3. The van der Waals surface area contributed by atoms with E-state index in [2.05, 4.69) is 32.6 Å². The van der Waals surface area contributed by atoms with Crippen molar-refractivity contribution >= 4 is 0 Å². The molecule has 0 aromatic rings. The van der Waals surface area contributed by atoms with Gasteiger partial charge in [0.25, 0.3) is 0 Å². The molecule has 0 rings (SSSR count). The van der Waals surface area contributed by atoms with Crippen LogP contribution in [0.3, 0.4) is 0 Å². The molecule has 0 saturated carbocycles. The van der Waals surface area contributed by atoms with Gasteiger partial charge in [0.15, 0.2) is 0 Å². The summed E-state index contributed by atoms with van der Waals surface area (Å²) >= 11 is 0. The minimum Gasteiger partial charge on any atom is -0.328 e. The van der Waals surface area contributed by atoms with Crippen LogP contribution in [0.1, 0.15) is 53.4 Å². The molecule has 14 heavy (non-hydrogen) atoms. The van der Waals surface area contributed by atoms with Gasteiger partial charge in [-0.05, 0) is 46.7 Å². The molecular weight excluding hydrogens is 172 g/mol. The monoisotopic (exact) mass is 200 g/mol. The van der Waals surface area contributed by atoms with E-state index < -0.39 is 0 Å². The lowest BCUT2D eigenvalue weighted by atomic mass is 10.2. The summed E-state index contributed by atoms with van der Waals surface area (Å²) in [5.74, 6) is 0. The highest BCUT2D eigenvalue weighted by Crippen LogP contribution is 2.04. The maximum atomic E-state index is 5.77. The van der Waals surface area contributed by atoms with Crippen LogP contribution in [0, 0.1) is 0 Å². The van der Waals surface area contributed by atoms with Gasteiger partial charge in [0.2, 0.25) is 0 Å². The molecule has 0 spiro atoms. The van der Waals surface area contributed by atoms with Crippen LogP contribution in [0.4, 0.5) is 0 Å². The highest BCUT2D eigenvalue weighted by molar-refractivity contribution is 4.65. The third-order valence-electron chi connectivity index (χ3n) is 2.65. The average molecular weight is 200 g/mol. The molecule has 0 amide bonds. The second-order valence-corrected chi connectivity index (χ2v) is 4.60. The summed E-state index contributed by atoms with van der Waals surface area (Å²) in [6, 6.07) is 0.994. The molecule has 0 heterocycles. The molecule has 2 nitrogen and oxygen atoms in total. The molecule has 0 bridgehead atoms. The standard InChI is InChI=1S/C12H28N2/c1-5-6-7-9-14(11(2)3)10-8-12(4)13/h11-12H,5-10,13H2,1-4H3. The fourth-order valence-corrected chi connectivity index (χ4v) is 1.56. The normalized spacial score (nSPS) is 13.9. The summed E-state index contributed by atoms with van der Waals surface area (Å²) in [5, 5.41) is 0. The molecule has 0 aromatic heterocycles. The van der Waals surface area contributed by atoms with Crippen molar-refractivity contribution in [3.63, 3.8) is 0 Å². The Labute approximate surface area is 89.9 Å². The fourth-order valence-electron chi connectivity index (χ4n) is 1.56. The highest BCUT2D eigenvalue weighted by atomic mass is 15.1. The van der Waals surface area contributed by atoms with Crippen molar-refractivity contribution < 1.29 is 0 Å². The van der Waals surface area contributed by atoms with Crippen molar-refractivity contribution in [1.82, 2.24) is 4.90 Å². The van der Waals surface area contributed by atoms with Crippen LogP contribution in [0.25, 0.3) is 0 Å². The van der Waals surface area contributed by atoms with E-state index in [4.69, 9.17) is 5.73 Å². The first-order chi connectivity index (χ1) is 6.57. The molecule has 0 aliphatic carbocycles. The third-order valence-corrected chi connectivity index (χ3v) is 2.65. The maximum absolute atomic E-state index is 5.77. The highest BCUT2D eigenvalue weighted by Gasteiger charge is 2.08. The topological polar surface area (TPSA) is 29.3 Å². The Bertz CT molecular complexity index is 121. The van der Waals surface area contributed by atoms with E-state index in [0.29, 0.717) is 12.1 Å². The molecule has 0 aliphatic heterocycles. The van der Waals surface area contributed by atoms with E-state index in [1.807, 2.05) is 0 Å². The van der Waals surface area contributed by atoms with Crippen LogP contribution >= 0.6 is 0 Å². The van der Waals surface area contributed by atoms with E-state index in [0.717, 1.165) is 13.0 Å². The average Bonchev–Trinajstić information content (AvgIpc) is 2.10. The lowest BCUT2D eigenvalue weighted by Gasteiger charge is -2.27. The van der Waals surface area contributed by atoms with Crippen molar-refractivity contribution in [2.45, 2.75) is 65.5 Å². The number of rotatable bonds is 8. The first kappa shape index (κ1) is 13.9. The van der Waals surface area contributed by atoms with Crippen LogP contribution in [0.5, 0.6) is 0 Å². The third kappa shape index (κ3) is 7.34. The molecule has 1 atom stereocenters. The van der Waals surface area contributed by atoms with Crippen LogP contribution in [0.15, 0.2) is 0 Å². The minimum atomic E-state index is 0.336. The van der Waals surface area contributed by atoms with E-state index in [1.54, 1.807) is 0 Å². The Morgan fingerprint density at radius 3 is 2.14 bits per heavy atom. The van der Waals surface area contributed by atoms with Crippen molar-refractivity contribution in [2.24, 2.45) is 5.73 Å². The molecule has 2 heteroatoms. The van der Waals surface area contributed by atoms with Gasteiger partial charge in [0.05, 0.1) is 0 Å². The molecule has 0 radical (unpaired) electrons. The van der Waals surface area contributed by atoms with E-state index in [1.165, 1.54) is 25.8 Å². The van der Waals surface area contributed by atoms with Gasteiger partial charge in [-0.1, -0.05) is 19.8 Å². The van der Waals surface area contributed by atoms with E-state index >= 15 is 0 Å². The van der Waals surface area contributed by atoms with Crippen LogP contribution in [0.2, 0.25) is 0 Å². The second kappa shape index (κ2) is 8.25. The van der Waals surface area contributed by atoms with Crippen molar-refractivity contribution in [3.8, 4) is 0 Å². The summed E-state index contributed by atoms with van der Waals surface area (Å²) in [7, 11) is 0. The Kier molecular flexibility index (Phi) is 8.20. The van der Waals surface area contributed by atoms with E-state index in [9.17, 15) is 0 Å². The molecule has 0 fully saturated rings. The number of nitrogens with zero attached hydrogens (tertiary/aromatic N) is 1. The van der Waals surface area contributed by atoms with Gasteiger partial charge in [0.1, 0.15) is 0 Å². The number of unbranched alkanes of at least 4 members (excludes halogenated alkanes) is 2. The van der Waals surface area contributed by atoms with Crippen LogP contribution in [-0.2, 0) is 0 Å². The molecule has 1 unspecified atom stereocenters. The Hall–Kier alpha value is -0.0800. The first-order valence-corrected chi connectivity index (χ1v) is 6.07. The predicted octanol–water partition coefficient (Wildman–Crippen LogP) is 2.62. The van der Waals surface area contributed by atoms with Crippen molar-refractivity contribution in [1.29, 1.82) is 0 Å². The van der Waals surface area contributed by atoms with Gasteiger partial charge in [-0.2, -0.15) is 0 Å². The van der Waals surface area contributed by atoms with Crippen molar-refractivity contribution in [2.75, 3.05) is 13.1 Å².